The molecule has 2 aromatic heterocycles. The number of nitrogens with zero attached hydrogens (tertiary/aromatic N) is 2. The van der Waals surface area contributed by atoms with Crippen molar-refractivity contribution in [2.75, 3.05) is 0 Å². The fraction of sp³-hybridized carbons (Fsp3) is 0. The molecule has 0 radical (unpaired) electrons. The van der Waals surface area contributed by atoms with E-state index in [1.54, 1.807) is 35.4 Å². The molecule has 104 valence electrons. The number of aromatic nitrogens is 2. The molecule has 0 unspecified atom stereocenters. The molecule has 1 aromatic carbocycles. The van der Waals surface area contributed by atoms with Gasteiger partial charge in [0.2, 0.25) is 5.91 Å². The van der Waals surface area contributed by atoms with Crippen molar-refractivity contribution in [1.82, 2.24) is 14.9 Å². The van der Waals surface area contributed by atoms with E-state index in [1.165, 1.54) is 6.08 Å². The van der Waals surface area contributed by atoms with Crippen molar-refractivity contribution in [3.05, 3.63) is 60.8 Å². The summed E-state index contributed by atoms with van der Waals surface area (Å²) in [7, 11) is 0. The minimum absolute atomic E-state index is 0.276. The highest BCUT2D eigenvalue weighted by Gasteiger charge is 2.07. The minimum atomic E-state index is -0.325. The highest BCUT2D eigenvalue weighted by molar-refractivity contribution is 7.80. The van der Waals surface area contributed by atoms with Gasteiger partial charge in [-0.2, -0.15) is 0 Å². The fourth-order valence-corrected chi connectivity index (χ4v) is 2.12. The number of furan rings is 1. The number of nitrogens with one attached hydrogen (secondary N) is 1. The third kappa shape index (κ3) is 2.90. The predicted molar refractivity (Wildman–Crippen MR) is 83.6 cm³/mol. The Morgan fingerprint density at radius 3 is 2.95 bits per heavy atom. The average molecular weight is 297 g/mol. The number of hydrogen-bond acceptors (Lipinski definition) is 4. The molecule has 6 heteroatoms. The Kier molecular flexibility index (Phi) is 3.61. The van der Waals surface area contributed by atoms with Crippen LogP contribution in [-0.2, 0) is 4.79 Å². The summed E-state index contributed by atoms with van der Waals surface area (Å²) in [6.07, 6.45) is 6.07. The summed E-state index contributed by atoms with van der Waals surface area (Å²) in [5, 5.41) is 2.90. The molecule has 3 rings (SSSR count). The van der Waals surface area contributed by atoms with E-state index in [0.29, 0.717) is 5.76 Å². The molecule has 3 aromatic rings. The van der Waals surface area contributed by atoms with Crippen molar-refractivity contribution in [2.45, 2.75) is 0 Å². The molecular formula is C15H11N3O2S. The summed E-state index contributed by atoms with van der Waals surface area (Å²) in [6, 6.07) is 11.1. The van der Waals surface area contributed by atoms with Gasteiger partial charge in [0.15, 0.2) is 5.11 Å². The van der Waals surface area contributed by atoms with Gasteiger partial charge in [-0.1, -0.05) is 12.1 Å². The molecule has 5 nitrogen and oxygen atoms in total. The summed E-state index contributed by atoms with van der Waals surface area (Å²) in [4.78, 5) is 16.0. The van der Waals surface area contributed by atoms with Gasteiger partial charge in [0.05, 0.1) is 17.3 Å². The fourth-order valence-electron chi connectivity index (χ4n) is 1.87. The van der Waals surface area contributed by atoms with Crippen LogP contribution in [0.2, 0.25) is 0 Å². The molecule has 1 amide bonds. The Morgan fingerprint density at radius 1 is 1.29 bits per heavy atom. The zero-order valence-electron chi connectivity index (χ0n) is 10.9. The first-order valence-electron chi connectivity index (χ1n) is 6.23. The van der Waals surface area contributed by atoms with Crippen molar-refractivity contribution in [3.8, 4) is 0 Å². The van der Waals surface area contributed by atoms with Crippen LogP contribution in [-0.4, -0.2) is 20.6 Å². The Balaban J connectivity index is 1.73. The second-order valence-corrected chi connectivity index (χ2v) is 4.63. The van der Waals surface area contributed by atoms with Crippen LogP contribution >= 0.6 is 12.2 Å². The number of hydrogen-bond donors (Lipinski definition) is 1. The molecule has 21 heavy (non-hydrogen) atoms. The molecule has 0 aliphatic carbocycles. The van der Waals surface area contributed by atoms with Crippen molar-refractivity contribution < 1.29 is 9.21 Å². The molecule has 0 aliphatic heterocycles. The monoisotopic (exact) mass is 297 g/mol. The van der Waals surface area contributed by atoms with E-state index in [2.05, 4.69) is 10.3 Å². The topological polar surface area (TPSA) is 60.1 Å². The Labute approximate surface area is 125 Å². The second kappa shape index (κ2) is 5.72. The maximum absolute atomic E-state index is 11.8. The Morgan fingerprint density at radius 2 is 2.14 bits per heavy atom. The number of para-hydroxylation sites is 2. The lowest BCUT2D eigenvalue weighted by atomic mass is 10.3. The molecule has 0 fully saturated rings. The lowest BCUT2D eigenvalue weighted by molar-refractivity contribution is -0.115. The SMILES string of the molecule is O=C(C=Cc1ccco1)NC(=S)n1cnc2ccccc21. The summed E-state index contributed by atoms with van der Waals surface area (Å²) in [5.41, 5.74) is 1.66. The minimum Gasteiger partial charge on any atom is -0.465 e. The Bertz CT molecular complexity index is 818. The van der Waals surface area contributed by atoms with E-state index in [0.717, 1.165) is 11.0 Å². The molecular weight excluding hydrogens is 286 g/mol. The van der Waals surface area contributed by atoms with Crippen LogP contribution in [0.15, 0.2) is 59.5 Å². The van der Waals surface area contributed by atoms with E-state index >= 15 is 0 Å². The molecule has 0 atom stereocenters. The highest BCUT2D eigenvalue weighted by atomic mass is 32.1. The average Bonchev–Trinajstić information content (AvgIpc) is 3.14. The van der Waals surface area contributed by atoms with E-state index in [1.807, 2.05) is 24.3 Å². The summed E-state index contributed by atoms with van der Waals surface area (Å²) in [5.74, 6) is 0.276. The first-order valence-corrected chi connectivity index (χ1v) is 6.64. The summed E-state index contributed by atoms with van der Waals surface area (Å²) in [6.45, 7) is 0. The number of thiocarbonyl (C=S) groups is 1. The Hall–Kier alpha value is -2.73. The summed E-state index contributed by atoms with van der Waals surface area (Å²) < 4.78 is 6.76. The normalized spacial score (nSPS) is 11.0. The van der Waals surface area contributed by atoms with Gasteiger partial charge in [0.1, 0.15) is 12.1 Å². The van der Waals surface area contributed by atoms with Crippen LogP contribution in [0.4, 0.5) is 0 Å². The second-order valence-electron chi connectivity index (χ2n) is 4.25. The maximum atomic E-state index is 11.8. The van der Waals surface area contributed by atoms with E-state index in [4.69, 9.17) is 16.6 Å². The van der Waals surface area contributed by atoms with Gasteiger partial charge in [0, 0.05) is 6.08 Å². The van der Waals surface area contributed by atoms with Gasteiger partial charge in [-0.3, -0.25) is 14.7 Å². The van der Waals surface area contributed by atoms with Crippen LogP contribution in [0.5, 0.6) is 0 Å². The molecule has 0 saturated carbocycles. The number of carbonyl (C=O) groups is 1. The van der Waals surface area contributed by atoms with Crippen molar-refractivity contribution in [3.63, 3.8) is 0 Å². The predicted octanol–water partition coefficient (Wildman–Crippen LogP) is 2.59. The number of imidazole rings is 1. The molecule has 0 spiro atoms. The maximum Gasteiger partial charge on any atom is 0.250 e. The van der Waals surface area contributed by atoms with E-state index in [-0.39, 0.29) is 11.0 Å². The first-order chi connectivity index (χ1) is 10.2. The van der Waals surface area contributed by atoms with Gasteiger partial charge in [-0.25, -0.2) is 4.98 Å². The first kappa shape index (κ1) is 13.3. The van der Waals surface area contributed by atoms with Gasteiger partial charge in [-0.15, -0.1) is 0 Å². The van der Waals surface area contributed by atoms with Crippen molar-refractivity contribution in [1.29, 1.82) is 0 Å². The van der Waals surface area contributed by atoms with Gasteiger partial charge >= 0.3 is 0 Å². The van der Waals surface area contributed by atoms with Gasteiger partial charge in [0.25, 0.3) is 0 Å². The van der Waals surface area contributed by atoms with Crippen molar-refractivity contribution in [2.24, 2.45) is 0 Å². The largest absolute Gasteiger partial charge is 0.465 e. The number of carbonyl (C=O) groups excluding carboxylic acids is 1. The van der Waals surface area contributed by atoms with Gasteiger partial charge < -0.3 is 4.42 Å². The van der Waals surface area contributed by atoms with Crippen LogP contribution in [0, 0.1) is 0 Å². The van der Waals surface area contributed by atoms with Crippen LogP contribution in [0.1, 0.15) is 5.76 Å². The lowest BCUT2D eigenvalue weighted by Gasteiger charge is -2.06. The van der Waals surface area contributed by atoms with Crippen LogP contribution in [0.25, 0.3) is 17.1 Å². The zero-order valence-corrected chi connectivity index (χ0v) is 11.7. The molecule has 0 aliphatic rings. The summed E-state index contributed by atoms with van der Waals surface area (Å²) >= 11 is 5.23. The number of benzene rings is 1. The number of rotatable bonds is 2. The van der Waals surface area contributed by atoms with Crippen LogP contribution < -0.4 is 5.32 Å². The molecule has 1 N–H and O–H groups in total. The highest BCUT2D eigenvalue weighted by Crippen LogP contribution is 2.11. The third-order valence-electron chi connectivity index (χ3n) is 2.84. The zero-order chi connectivity index (χ0) is 14.7. The molecule has 0 saturated heterocycles. The smallest absolute Gasteiger partial charge is 0.250 e. The number of amides is 1. The quantitative estimate of drug-likeness (QED) is 0.583. The van der Waals surface area contributed by atoms with Crippen LogP contribution in [0.3, 0.4) is 0 Å². The molecule has 0 bridgehead atoms. The molecule has 2 heterocycles. The lowest BCUT2D eigenvalue weighted by Crippen LogP contribution is -2.32. The van der Waals surface area contributed by atoms with E-state index in [9.17, 15) is 4.79 Å². The standard InChI is InChI=1S/C15H11N3O2S/c19-14(8-7-11-4-3-9-20-11)17-15(21)18-10-16-12-5-1-2-6-13(12)18/h1-10H,(H,17,19,21). The third-order valence-corrected chi connectivity index (χ3v) is 3.14. The number of fused-ring (bicyclic) bond motifs is 1. The van der Waals surface area contributed by atoms with E-state index < -0.39 is 0 Å². The van der Waals surface area contributed by atoms with Gasteiger partial charge in [-0.05, 0) is 42.6 Å². The van der Waals surface area contributed by atoms with Crippen molar-refractivity contribution >= 4 is 40.3 Å².